The minimum atomic E-state index is -1.26. The van der Waals surface area contributed by atoms with E-state index in [0.717, 1.165) is 6.07 Å². The Morgan fingerprint density at radius 1 is 1.38 bits per heavy atom. The SMILES string of the molecule is COCc1cc(C(=O)Nc2ccc(C(=O)O)c(O)c2)no1. The lowest BCUT2D eigenvalue weighted by molar-refractivity contribution is 0.0693. The lowest BCUT2D eigenvalue weighted by Gasteiger charge is -2.05. The van der Waals surface area contributed by atoms with E-state index < -0.39 is 17.6 Å². The lowest BCUT2D eigenvalue weighted by Crippen LogP contribution is -2.12. The molecule has 8 heteroatoms. The van der Waals surface area contributed by atoms with Crippen molar-refractivity contribution >= 4 is 17.6 Å². The van der Waals surface area contributed by atoms with Gasteiger partial charge in [-0.25, -0.2) is 4.79 Å². The van der Waals surface area contributed by atoms with Crippen LogP contribution in [0.3, 0.4) is 0 Å². The van der Waals surface area contributed by atoms with Crippen LogP contribution in [0, 0.1) is 0 Å². The molecule has 0 spiro atoms. The van der Waals surface area contributed by atoms with Crippen LogP contribution in [-0.2, 0) is 11.3 Å². The second kappa shape index (κ2) is 6.06. The van der Waals surface area contributed by atoms with E-state index in [9.17, 15) is 14.7 Å². The molecule has 2 rings (SSSR count). The number of benzene rings is 1. The molecule has 0 fully saturated rings. The minimum absolute atomic E-state index is 0.0452. The van der Waals surface area contributed by atoms with Crippen molar-refractivity contribution in [2.24, 2.45) is 0 Å². The van der Waals surface area contributed by atoms with Gasteiger partial charge >= 0.3 is 5.97 Å². The molecule has 21 heavy (non-hydrogen) atoms. The maximum Gasteiger partial charge on any atom is 0.339 e. The summed E-state index contributed by atoms with van der Waals surface area (Å²) >= 11 is 0. The van der Waals surface area contributed by atoms with Gasteiger partial charge in [-0.1, -0.05) is 5.16 Å². The summed E-state index contributed by atoms with van der Waals surface area (Å²) in [5, 5.41) is 24.4. The molecule has 1 aromatic carbocycles. The number of anilines is 1. The zero-order valence-corrected chi connectivity index (χ0v) is 11.0. The Morgan fingerprint density at radius 3 is 2.76 bits per heavy atom. The third-order valence-corrected chi connectivity index (χ3v) is 2.56. The predicted molar refractivity (Wildman–Crippen MR) is 70.2 cm³/mol. The van der Waals surface area contributed by atoms with Gasteiger partial charge in [-0.05, 0) is 12.1 Å². The Hall–Kier alpha value is -2.87. The number of phenols is 1. The normalized spacial score (nSPS) is 10.3. The van der Waals surface area contributed by atoms with Gasteiger partial charge in [-0.15, -0.1) is 0 Å². The summed E-state index contributed by atoms with van der Waals surface area (Å²) in [6, 6.07) is 5.10. The van der Waals surface area contributed by atoms with Crippen molar-refractivity contribution in [3.8, 4) is 5.75 Å². The van der Waals surface area contributed by atoms with Crippen molar-refractivity contribution in [3.63, 3.8) is 0 Å². The van der Waals surface area contributed by atoms with E-state index in [-0.39, 0.29) is 23.6 Å². The summed E-state index contributed by atoms with van der Waals surface area (Å²) < 4.78 is 9.71. The van der Waals surface area contributed by atoms with Crippen molar-refractivity contribution in [1.29, 1.82) is 0 Å². The fourth-order valence-electron chi connectivity index (χ4n) is 1.62. The molecular formula is C13H12N2O6. The Kier molecular flexibility index (Phi) is 4.19. The van der Waals surface area contributed by atoms with Crippen LogP contribution < -0.4 is 5.32 Å². The summed E-state index contributed by atoms with van der Waals surface area (Å²) in [4.78, 5) is 22.6. The van der Waals surface area contributed by atoms with E-state index in [1.54, 1.807) is 0 Å². The molecule has 0 aliphatic heterocycles. The van der Waals surface area contributed by atoms with Gasteiger partial charge in [0.15, 0.2) is 11.5 Å². The number of carbonyl (C=O) groups is 2. The van der Waals surface area contributed by atoms with Crippen LogP contribution in [-0.4, -0.2) is 34.4 Å². The van der Waals surface area contributed by atoms with E-state index >= 15 is 0 Å². The van der Waals surface area contributed by atoms with E-state index in [1.807, 2.05) is 0 Å². The second-order valence-corrected chi connectivity index (χ2v) is 4.10. The van der Waals surface area contributed by atoms with Gasteiger partial charge in [0.05, 0.1) is 0 Å². The zero-order valence-electron chi connectivity index (χ0n) is 11.0. The number of hydrogen-bond acceptors (Lipinski definition) is 6. The second-order valence-electron chi connectivity index (χ2n) is 4.10. The number of ether oxygens (including phenoxy) is 1. The molecule has 0 radical (unpaired) electrons. The molecule has 1 amide bonds. The van der Waals surface area contributed by atoms with Crippen molar-refractivity contribution < 1.29 is 29.1 Å². The highest BCUT2D eigenvalue weighted by Gasteiger charge is 2.15. The third kappa shape index (κ3) is 3.37. The monoisotopic (exact) mass is 292 g/mol. The van der Waals surface area contributed by atoms with Crippen LogP contribution in [0.1, 0.15) is 26.6 Å². The topological polar surface area (TPSA) is 122 Å². The number of methoxy groups -OCH3 is 1. The van der Waals surface area contributed by atoms with Crippen LogP contribution in [0.25, 0.3) is 0 Å². The first-order valence-electron chi connectivity index (χ1n) is 5.83. The van der Waals surface area contributed by atoms with Crippen LogP contribution in [0.2, 0.25) is 0 Å². The average Bonchev–Trinajstić information content (AvgIpc) is 2.87. The van der Waals surface area contributed by atoms with Crippen LogP contribution in [0.5, 0.6) is 5.75 Å². The first-order chi connectivity index (χ1) is 10.0. The standard InChI is InChI=1S/C13H12N2O6/c1-20-6-8-5-10(15-21-8)12(17)14-7-2-3-9(13(18)19)11(16)4-7/h2-5,16H,6H2,1H3,(H,14,17)(H,18,19). The first kappa shape index (κ1) is 14.5. The molecule has 110 valence electrons. The predicted octanol–water partition coefficient (Wildman–Crippen LogP) is 1.48. The number of hydrogen-bond donors (Lipinski definition) is 3. The summed E-state index contributed by atoms with van der Waals surface area (Å²) in [7, 11) is 1.48. The van der Waals surface area contributed by atoms with Crippen LogP contribution in [0.15, 0.2) is 28.8 Å². The number of amides is 1. The summed E-state index contributed by atoms with van der Waals surface area (Å²) in [5.74, 6) is -1.86. The van der Waals surface area contributed by atoms with Gasteiger partial charge in [0.1, 0.15) is 17.9 Å². The average molecular weight is 292 g/mol. The summed E-state index contributed by atoms with van der Waals surface area (Å²) in [5.41, 5.74) is 0.0273. The molecule has 3 N–H and O–H groups in total. The van der Waals surface area contributed by atoms with Gasteiger partial charge in [0, 0.05) is 24.9 Å². The molecular weight excluding hydrogens is 280 g/mol. The number of rotatable bonds is 5. The fourth-order valence-corrected chi connectivity index (χ4v) is 1.62. The van der Waals surface area contributed by atoms with Gasteiger partial charge in [0.2, 0.25) is 0 Å². The highest BCUT2D eigenvalue weighted by atomic mass is 16.5. The highest BCUT2D eigenvalue weighted by molar-refractivity contribution is 6.03. The van der Waals surface area contributed by atoms with Gasteiger partial charge in [-0.2, -0.15) is 0 Å². The summed E-state index contributed by atoms with van der Waals surface area (Å²) in [6.45, 7) is 0.189. The maximum absolute atomic E-state index is 11.9. The fraction of sp³-hybridized carbons (Fsp3) is 0.154. The number of aromatic nitrogens is 1. The molecule has 0 bridgehead atoms. The van der Waals surface area contributed by atoms with Gasteiger partial charge in [0.25, 0.3) is 5.91 Å². The van der Waals surface area contributed by atoms with E-state index in [2.05, 4.69) is 10.5 Å². The molecule has 8 nitrogen and oxygen atoms in total. The number of carboxylic acid groups (broad SMARTS) is 1. The molecule has 0 atom stereocenters. The van der Waals surface area contributed by atoms with Gasteiger partial charge < -0.3 is 24.8 Å². The van der Waals surface area contributed by atoms with Gasteiger partial charge in [-0.3, -0.25) is 4.79 Å². The van der Waals surface area contributed by atoms with Crippen LogP contribution in [0.4, 0.5) is 5.69 Å². The summed E-state index contributed by atoms with van der Waals surface area (Å²) in [6.07, 6.45) is 0. The number of carbonyl (C=O) groups excluding carboxylic acids is 1. The molecule has 1 aromatic heterocycles. The Morgan fingerprint density at radius 2 is 2.14 bits per heavy atom. The molecule has 0 aliphatic rings. The Bertz CT molecular complexity index is 679. The third-order valence-electron chi connectivity index (χ3n) is 2.56. The number of aromatic carboxylic acids is 1. The molecule has 0 aliphatic carbocycles. The van der Waals surface area contributed by atoms with Crippen LogP contribution >= 0.6 is 0 Å². The van der Waals surface area contributed by atoms with E-state index in [4.69, 9.17) is 14.4 Å². The first-order valence-corrected chi connectivity index (χ1v) is 5.83. The maximum atomic E-state index is 11.9. The van der Waals surface area contributed by atoms with Crippen molar-refractivity contribution in [2.75, 3.05) is 12.4 Å². The molecule has 1 heterocycles. The number of nitrogens with zero attached hydrogens (tertiary/aromatic N) is 1. The van der Waals surface area contributed by atoms with Crippen molar-refractivity contribution in [3.05, 3.63) is 41.3 Å². The zero-order chi connectivity index (χ0) is 15.4. The molecule has 0 saturated heterocycles. The van der Waals surface area contributed by atoms with E-state index in [1.165, 1.54) is 25.3 Å². The Labute approximate surface area is 118 Å². The molecule has 2 aromatic rings. The molecule has 0 unspecified atom stereocenters. The number of carboxylic acids is 1. The lowest BCUT2D eigenvalue weighted by atomic mass is 10.2. The quantitative estimate of drug-likeness (QED) is 0.762. The minimum Gasteiger partial charge on any atom is -0.507 e. The number of nitrogens with one attached hydrogen (secondary N) is 1. The Balaban J connectivity index is 2.11. The van der Waals surface area contributed by atoms with Crippen molar-refractivity contribution in [2.45, 2.75) is 6.61 Å². The van der Waals surface area contributed by atoms with Crippen molar-refractivity contribution in [1.82, 2.24) is 5.16 Å². The molecule has 0 saturated carbocycles. The van der Waals surface area contributed by atoms with E-state index in [0.29, 0.717) is 5.76 Å². The number of aromatic hydroxyl groups is 1. The smallest absolute Gasteiger partial charge is 0.339 e. The highest BCUT2D eigenvalue weighted by Crippen LogP contribution is 2.22. The largest absolute Gasteiger partial charge is 0.507 e.